The molecule has 3 aromatic carbocycles. The van der Waals surface area contributed by atoms with Gasteiger partial charge in [0.1, 0.15) is 0 Å². The molecule has 0 aliphatic carbocycles. The van der Waals surface area contributed by atoms with Crippen LogP contribution in [0.4, 0.5) is 0 Å². The van der Waals surface area contributed by atoms with Crippen LogP contribution in [-0.2, 0) is 22.9 Å². The van der Waals surface area contributed by atoms with Crippen molar-refractivity contribution < 1.29 is 13.2 Å². The molecular weight excluding hydrogens is 444 g/mol. The quantitative estimate of drug-likeness (QED) is 0.543. The van der Waals surface area contributed by atoms with E-state index in [-0.39, 0.29) is 5.91 Å². The van der Waals surface area contributed by atoms with Crippen molar-refractivity contribution in [3.8, 4) is 0 Å². The molecule has 34 heavy (non-hydrogen) atoms. The Morgan fingerprint density at radius 1 is 0.971 bits per heavy atom. The Hall–Kier alpha value is -3.22. The number of carbonyl (C=O) groups excluding carboxylic acids is 1. The van der Waals surface area contributed by atoms with E-state index in [2.05, 4.69) is 28.4 Å². The minimum atomic E-state index is -3.17. The van der Waals surface area contributed by atoms with E-state index >= 15 is 0 Å². The smallest absolute Gasteiger partial charge is 0.251 e. The first-order valence-corrected chi connectivity index (χ1v) is 13.3. The van der Waals surface area contributed by atoms with Crippen LogP contribution in [0.15, 0.2) is 83.8 Å². The number of rotatable bonds is 7. The van der Waals surface area contributed by atoms with Crippen LogP contribution < -0.4 is 5.32 Å². The normalized spacial score (nSPS) is 14.5. The number of nitrogens with zero attached hydrogens (tertiary/aromatic N) is 1. The predicted octanol–water partition coefficient (Wildman–Crippen LogP) is 4.62. The molecule has 1 heterocycles. The Balaban J connectivity index is 1.35. The lowest BCUT2D eigenvalue weighted by Gasteiger charge is -2.26. The molecule has 3 aromatic rings. The minimum absolute atomic E-state index is 0.0550. The van der Waals surface area contributed by atoms with Gasteiger partial charge < -0.3 is 5.32 Å². The molecule has 0 fully saturated rings. The second-order valence-electron chi connectivity index (χ2n) is 8.83. The standard InChI is InChI=1S/C28H30N2O3S/c1-21-6-3-4-9-27(21)28(31)29-19-23-7-5-8-25(18-23)24-14-16-30(17-15-24)20-22-10-12-26(13-11-22)34(2,32)33/h3-14,18H,15-17,19-20H2,1-2H3,(H,29,31). The summed E-state index contributed by atoms with van der Waals surface area (Å²) in [5.74, 6) is -0.0550. The summed E-state index contributed by atoms with van der Waals surface area (Å²) in [5.41, 5.74) is 6.37. The highest BCUT2D eigenvalue weighted by Crippen LogP contribution is 2.24. The van der Waals surface area contributed by atoms with Gasteiger partial charge in [0.15, 0.2) is 9.84 Å². The number of amides is 1. The Bertz CT molecular complexity index is 1310. The van der Waals surface area contributed by atoms with Crippen LogP contribution in [0.2, 0.25) is 0 Å². The molecule has 4 rings (SSSR count). The van der Waals surface area contributed by atoms with Gasteiger partial charge in [-0.2, -0.15) is 0 Å². The molecule has 0 atom stereocenters. The van der Waals surface area contributed by atoms with Crippen molar-refractivity contribution >= 4 is 21.3 Å². The van der Waals surface area contributed by atoms with E-state index in [4.69, 9.17) is 0 Å². The third-order valence-electron chi connectivity index (χ3n) is 6.19. The molecule has 0 radical (unpaired) electrons. The van der Waals surface area contributed by atoms with Gasteiger partial charge in [0, 0.05) is 38.0 Å². The summed E-state index contributed by atoms with van der Waals surface area (Å²) in [6.45, 7) is 5.01. The third-order valence-corrected chi connectivity index (χ3v) is 7.32. The van der Waals surface area contributed by atoms with Crippen LogP contribution in [0.5, 0.6) is 0 Å². The zero-order chi connectivity index (χ0) is 24.1. The van der Waals surface area contributed by atoms with E-state index in [0.717, 1.165) is 42.7 Å². The first-order chi connectivity index (χ1) is 16.3. The maximum absolute atomic E-state index is 12.5. The van der Waals surface area contributed by atoms with Crippen molar-refractivity contribution in [1.82, 2.24) is 10.2 Å². The SMILES string of the molecule is Cc1ccccc1C(=O)NCc1cccc(C2=CCN(Cc3ccc(S(C)(=O)=O)cc3)CC2)c1. The molecule has 1 amide bonds. The van der Waals surface area contributed by atoms with Crippen LogP contribution in [0.3, 0.4) is 0 Å². The van der Waals surface area contributed by atoms with E-state index in [1.807, 2.05) is 55.5 Å². The number of carbonyl (C=O) groups is 1. The Labute approximate surface area is 202 Å². The summed E-state index contributed by atoms with van der Waals surface area (Å²) >= 11 is 0. The molecule has 1 aliphatic rings. The molecule has 1 N–H and O–H groups in total. The summed E-state index contributed by atoms with van der Waals surface area (Å²) in [5, 5.41) is 3.03. The summed E-state index contributed by atoms with van der Waals surface area (Å²) in [6.07, 6.45) is 4.44. The van der Waals surface area contributed by atoms with Crippen molar-refractivity contribution in [3.63, 3.8) is 0 Å². The maximum Gasteiger partial charge on any atom is 0.251 e. The van der Waals surface area contributed by atoms with Crippen LogP contribution in [0.25, 0.3) is 5.57 Å². The Morgan fingerprint density at radius 2 is 1.74 bits per heavy atom. The second kappa shape index (κ2) is 10.4. The number of sulfone groups is 1. The summed E-state index contributed by atoms with van der Waals surface area (Å²) < 4.78 is 23.3. The van der Waals surface area contributed by atoms with Gasteiger partial charge in [-0.05, 0) is 65.4 Å². The summed E-state index contributed by atoms with van der Waals surface area (Å²) in [4.78, 5) is 15.2. The van der Waals surface area contributed by atoms with Gasteiger partial charge in [0.05, 0.1) is 4.90 Å². The molecule has 0 unspecified atom stereocenters. The Morgan fingerprint density at radius 3 is 2.41 bits per heavy atom. The average Bonchev–Trinajstić information content (AvgIpc) is 2.83. The Kier molecular flexibility index (Phi) is 7.29. The number of nitrogens with one attached hydrogen (secondary N) is 1. The van der Waals surface area contributed by atoms with Crippen LogP contribution >= 0.6 is 0 Å². The zero-order valence-electron chi connectivity index (χ0n) is 19.6. The summed E-state index contributed by atoms with van der Waals surface area (Å²) in [6, 6.07) is 23.1. The van der Waals surface area contributed by atoms with E-state index < -0.39 is 9.84 Å². The molecule has 0 saturated carbocycles. The van der Waals surface area contributed by atoms with Crippen molar-refractivity contribution in [1.29, 1.82) is 0 Å². The van der Waals surface area contributed by atoms with Crippen molar-refractivity contribution in [2.75, 3.05) is 19.3 Å². The van der Waals surface area contributed by atoms with Gasteiger partial charge in [0.25, 0.3) is 5.91 Å². The number of benzene rings is 3. The summed E-state index contributed by atoms with van der Waals surface area (Å²) in [7, 11) is -3.17. The van der Waals surface area contributed by atoms with Gasteiger partial charge in [0.2, 0.25) is 0 Å². The first kappa shape index (κ1) is 23.9. The van der Waals surface area contributed by atoms with Gasteiger partial charge >= 0.3 is 0 Å². The van der Waals surface area contributed by atoms with E-state index in [9.17, 15) is 13.2 Å². The molecule has 0 saturated heterocycles. The van der Waals surface area contributed by atoms with Crippen LogP contribution in [0.1, 0.15) is 39.0 Å². The average molecular weight is 475 g/mol. The lowest BCUT2D eigenvalue weighted by molar-refractivity contribution is 0.0950. The second-order valence-corrected chi connectivity index (χ2v) is 10.8. The molecule has 0 bridgehead atoms. The predicted molar refractivity (Wildman–Crippen MR) is 136 cm³/mol. The highest BCUT2D eigenvalue weighted by Gasteiger charge is 2.15. The van der Waals surface area contributed by atoms with Gasteiger partial charge in [-0.15, -0.1) is 0 Å². The van der Waals surface area contributed by atoms with Gasteiger partial charge in [-0.1, -0.05) is 54.6 Å². The molecule has 0 spiro atoms. The van der Waals surface area contributed by atoms with Crippen LogP contribution in [-0.4, -0.2) is 38.6 Å². The highest BCUT2D eigenvalue weighted by molar-refractivity contribution is 7.90. The van der Waals surface area contributed by atoms with Gasteiger partial charge in [-0.25, -0.2) is 8.42 Å². The number of aryl methyl sites for hydroxylation is 1. The van der Waals surface area contributed by atoms with Gasteiger partial charge in [-0.3, -0.25) is 9.69 Å². The molecule has 0 aromatic heterocycles. The van der Waals surface area contributed by atoms with E-state index in [1.165, 1.54) is 17.4 Å². The zero-order valence-corrected chi connectivity index (χ0v) is 20.4. The molecule has 6 heteroatoms. The van der Waals surface area contributed by atoms with Crippen molar-refractivity contribution in [3.05, 3.63) is 107 Å². The number of hydrogen-bond acceptors (Lipinski definition) is 4. The molecule has 5 nitrogen and oxygen atoms in total. The largest absolute Gasteiger partial charge is 0.348 e. The fourth-order valence-electron chi connectivity index (χ4n) is 4.20. The molecule has 176 valence electrons. The lowest BCUT2D eigenvalue weighted by Crippen LogP contribution is -2.28. The van der Waals surface area contributed by atoms with Crippen molar-refractivity contribution in [2.45, 2.75) is 31.3 Å². The monoisotopic (exact) mass is 474 g/mol. The van der Waals surface area contributed by atoms with Crippen molar-refractivity contribution in [2.24, 2.45) is 0 Å². The van der Waals surface area contributed by atoms with Crippen LogP contribution in [0, 0.1) is 6.92 Å². The van der Waals surface area contributed by atoms with E-state index in [1.54, 1.807) is 12.1 Å². The maximum atomic E-state index is 12.5. The first-order valence-electron chi connectivity index (χ1n) is 11.4. The fraction of sp³-hybridized carbons (Fsp3) is 0.250. The minimum Gasteiger partial charge on any atom is -0.348 e. The highest BCUT2D eigenvalue weighted by atomic mass is 32.2. The molecular formula is C28H30N2O3S. The van der Waals surface area contributed by atoms with E-state index in [0.29, 0.717) is 17.0 Å². The third kappa shape index (κ3) is 6.01. The molecule has 1 aliphatic heterocycles. The number of hydrogen-bond donors (Lipinski definition) is 1. The lowest BCUT2D eigenvalue weighted by atomic mass is 9.97. The fourth-order valence-corrected chi connectivity index (χ4v) is 4.83. The topological polar surface area (TPSA) is 66.5 Å².